The number of hydrogen-bond donors (Lipinski definition) is 4. The Labute approximate surface area is 308 Å². The number of nitrogens with one attached hydrogen (secondary N) is 3. The van der Waals surface area contributed by atoms with Crippen molar-refractivity contribution >= 4 is 87.2 Å². The standard InChI is InChI=1S/C31H42Cl2IN9O6/c1-30(2,3)22(39-29(49)40-23(34)27(48)41-10-12-42(13-11-41)28-36-8-5-9-37-28)26(47)43-15-17-19(31(17,32)33)20(43)25(46)38-18(21(44)24(35)45)14-16-6-4-7-16/h5,8-9,16-20,22-23H,4,6-7,10-15H2,1-3H3,(H2,35,45)(H,38,46)(H2,39,40,49)/t17-,18?,19-,20-,22+,23+/m0/s1. The van der Waals surface area contributed by atoms with E-state index in [0.717, 1.165) is 19.3 Å². The highest BCUT2D eigenvalue weighted by molar-refractivity contribution is 14.1. The van der Waals surface area contributed by atoms with E-state index in [1.165, 1.54) is 4.90 Å². The average molecular weight is 835 g/mol. The summed E-state index contributed by atoms with van der Waals surface area (Å²) in [5.41, 5.74) is 4.47. The first-order valence-electron chi connectivity index (χ1n) is 16.3. The number of amides is 6. The van der Waals surface area contributed by atoms with E-state index in [9.17, 15) is 28.8 Å². The van der Waals surface area contributed by atoms with E-state index in [4.69, 9.17) is 28.9 Å². The number of anilines is 1. The van der Waals surface area contributed by atoms with Crippen LogP contribution in [0.5, 0.6) is 0 Å². The molecule has 4 fully saturated rings. The van der Waals surface area contributed by atoms with E-state index in [0.29, 0.717) is 32.1 Å². The second kappa shape index (κ2) is 14.7. The number of piperazine rings is 1. The van der Waals surface area contributed by atoms with Gasteiger partial charge in [-0.1, -0.05) is 40.0 Å². The monoisotopic (exact) mass is 833 g/mol. The fraction of sp³-hybridized carbons (Fsp3) is 0.677. The van der Waals surface area contributed by atoms with Gasteiger partial charge in [-0.25, -0.2) is 14.8 Å². The van der Waals surface area contributed by atoms with Gasteiger partial charge in [-0.15, -0.1) is 23.2 Å². The second-order valence-electron chi connectivity index (χ2n) is 14.2. The molecule has 0 bridgehead atoms. The van der Waals surface area contributed by atoms with Crippen molar-refractivity contribution in [1.82, 2.24) is 35.7 Å². The highest BCUT2D eigenvalue weighted by Gasteiger charge is 2.74. The molecule has 2 aliphatic heterocycles. The zero-order chi connectivity index (χ0) is 35.8. The van der Waals surface area contributed by atoms with Crippen molar-refractivity contribution in [2.24, 2.45) is 28.9 Å². The number of fused-ring (bicyclic) bond motifs is 1. The molecule has 1 unspecified atom stereocenters. The number of piperidine rings is 1. The topological polar surface area (TPSA) is 200 Å². The number of alkyl halides is 3. The van der Waals surface area contributed by atoms with Crippen molar-refractivity contribution in [3.63, 3.8) is 0 Å². The maximum Gasteiger partial charge on any atom is 0.316 e. The fourth-order valence-corrected chi connectivity index (χ4v) is 8.26. The minimum absolute atomic E-state index is 0.0505. The molecule has 3 heterocycles. The van der Waals surface area contributed by atoms with Gasteiger partial charge in [0.2, 0.25) is 23.5 Å². The summed E-state index contributed by atoms with van der Waals surface area (Å²) in [6.07, 6.45) is 6.31. The molecule has 268 valence electrons. The zero-order valence-corrected chi connectivity index (χ0v) is 31.2. The Morgan fingerprint density at radius 1 is 1.00 bits per heavy atom. The number of nitrogens with zero attached hydrogens (tertiary/aromatic N) is 5. The lowest BCUT2D eigenvalue weighted by Gasteiger charge is -2.38. The summed E-state index contributed by atoms with van der Waals surface area (Å²) in [5.74, 6) is -3.85. The third-order valence-electron chi connectivity index (χ3n) is 9.84. The van der Waals surface area contributed by atoms with E-state index < -0.39 is 73.3 Å². The molecule has 5 rings (SSSR count). The minimum atomic E-state index is -1.26. The van der Waals surface area contributed by atoms with Crippen LogP contribution in [-0.4, -0.2) is 114 Å². The SMILES string of the molecule is CC(C)(C)[C@H](NC(=O)N[C@@H](I)C(=O)N1CCN(c2ncccn2)CC1)C(=O)N1C[C@H]2[C@@H]([C@H]1C(=O)NC(CC1CCC1)C(=O)C(N)=O)C2(Cl)Cl. The largest absolute Gasteiger partial charge is 0.363 e. The van der Waals surface area contributed by atoms with Gasteiger partial charge in [0.05, 0.1) is 6.04 Å². The van der Waals surface area contributed by atoms with Gasteiger partial charge in [0.15, 0.2) is 4.05 Å². The van der Waals surface area contributed by atoms with Crippen LogP contribution >= 0.6 is 45.8 Å². The van der Waals surface area contributed by atoms with E-state index in [1.807, 2.05) is 27.5 Å². The number of ketones is 1. The number of hydrogen-bond acceptors (Lipinski definition) is 9. The van der Waals surface area contributed by atoms with E-state index in [1.54, 1.807) is 44.1 Å². The highest BCUT2D eigenvalue weighted by atomic mass is 127. The Balaban J connectivity index is 1.23. The molecule has 0 radical (unpaired) electrons. The number of Topliss-reactive ketones (excluding diaryl/α,β-unsaturated/α-hetero) is 1. The maximum atomic E-state index is 14.2. The van der Waals surface area contributed by atoms with Gasteiger partial charge in [0, 0.05) is 57.0 Å². The number of urea groups is 1. The average Bonchev–Trinajstić information content (AvgIpc) is 3.33. The lowest BCUT2D eigenvalue weighted by atomic mass is 9.80. The van der Waals surface area contributed by atoms with Gasteiger partial charge in [-0.05, 0) is 46.4 Å². The third kappa shape index (κ3) is 8.16. The van der Waals surface area contributed by atoms with Gasteiger partial charge in [0.25, 0.3) is 11.8 Å². The molecular weight excluding hydrogens is 792 g/mol. The first kappa shape index (κ1) is 37.3. The highest BCUT2D eigenvalue weighted by Crippen LogP contribution is 2.65. The number of carbonyl (C=O) groups is 6. The van der Waals surface area contributed by atoms with Gasteiger partial charge in [0.1, 0.15) is 16.4 Å². The van der Waals surface area contributed by atoms with Gasteiger partial charge in [-0.2, -0.15) is 0 Å². The Bertz CT molecular complexity index is 1470. The summed E-state index contributed by atoms with van der Waals surface area (Å²) in [6.45, 7) is 7.23. The first-order chi connectivity index (χ1) is 23.0. The summed E-state index contributed by atoms with van der Waals surface area (Å²) >= 11 is 14.9. The number of carbonyl (C=O) groups excluding carboxylic acids is 6. The van der Waals surface area contributed by atoms with Crippen LogP contribution in [0.3, 0.4) is 0 Å². The lowest BCUT2D eigenvalue weighted by molar-refractivity contribution is -0.144. The Morgan fingerprint density at radius 3 is 2.18 bits per heavy atom. The predicted molar refractivity (Wildman–Crippen MR) is 189 cm³/mol. The summed E-state index contributed by atoms with van der Waals surface area (Å²) in [4.78, 5) is 92.4. The van der Waals surface area contributed by atoms with E-state index >= 15 is 0 Å². The maximum absolute atomic E-state index is 14.2. The predicted octanol–water partition coefficient (Wildman–Crippen LogP) is 0.960. The smallest absolute Gasteiger partial charge is 0.316 e. The summed E-state index contributed by atoms with van der Waals surface area (Å²) in [6, 6.07) is -2.41. The van der Waals surface area contributed by atoms with Gasteiger partial charge < -0.3 is 36.4 Å². The number of likely N-dealkylation sites (tertiary alicyclic amines) is 1. The van der Waals surface area contributed by atoms with Crippen LogP contribution in [0.25, 0.3) is 0 Å². The molecule has 6 amide bonds. The van der Waals surface area contributed by atoms with Crippen LogP contribution in [0.15, 0.2) is 18.5 Å². The quantitative estimate of drug-likeness (QED) is 0.109. The Hall–Kier alpha value is -2.99. The third-order valence-corrected chi connectivity index (χ3v) is 11.8. The molecule has 5 N–H and O–H groups in total. The molecular formula is C31H42Cl2IN9O6. The van der Waals surface area contributed by atoms with Crippen molar-refractivity contribution < 1.29 is 28.8 Å². The van der Waals surface area contributed by atoms with Crippen molar-refractivity contribution in [3.8, 4) is 0 Å². The molecule has 49 heavy (non-hydrogen) atoms. The van der Waals surface area contributed by atoms with Crippen LogP contribution in [-0.2, 0) is 24.0 Å². The van der Waals surface area contributed by atoms with Crippen molar-refractivity contribution in [1.29, 1.82) is 0 Å². The van der Waals surface area contributed by atoms with E-state index in [2.05, 4.69) is 25.9 Å². The van der Waals surface area contributed by atoms with Crippen molar-refractivity contribution in [2.45, 2.75) is 73.0 Å². The molecule has 2 saturated carbocycles. The lowest BCUT2D eigenvalue weighted by Crippen LogP contribution is -2.62. The van der Waals surface area contributed by atoms with Crippen LogP contribution in [0, 0.1) is 23.2 Å². The number of aromatic nitrogens is 2. The second-order valence-corrected chi connectivity index (χ2v) is 16.9. The zero-order valence-electron chi connectivity index (χ0n) is 27.5. The van der Waals surface area contributed by atoms with Gasteiger partial charge >= 0.3 is 6.03 Å². The van der Waals surface area contributed by atoms with Gasteiger partial charge in [-0.3, -0.25) is 24.0 Å². The molecule has 15 nitrogen and oxygen atoms in total. The molecule has 4 aliphatic rings. The molecule has 1 aromatic heterocycles. The molecule has 0 spiro atoms. The van der Waals surface area contributed by atoms with Crippen molar-refractivity contribution in [2.75, 3.05) is 37.6 Å². The van der Waals surface area contributed by atoms with Crippen molar-refractivity contribution in [3.05, 3.63) is 18.5 Å². The number of nitrogens with two attached hydrogens (primary N) is 1. The summed E-state index contributed by atoms with van der Waals surface area (Å²) < 4.78 is -2.18. The number of halogens is 3. The molecule has 18 heteroatoms. The number of rotatable bonds is 11. The first-order valence-corrected chi connectivity index (χ1v) is 18.3. The fourth-order valence-electron chi connectivity index (χ4n) is 6.76. The Morgan fingerprint density at radius 2 is 1.63 bits per heavy atom. The molecule has 1 aromatic rings. The molecule has 0 aromatic carbocycles. The van der Waals surface area contributed by atoms with Crippen LogP contribution in [0.2, 0.25) is 0 Å². The summed E-state index contributed by atoms with van der Waals surface area (Å²) in [7, 11) is 0. The molecule has 2 aliphatic carbocycles. The minimum Gasteiger partial charge on any atom is -0.363 e. The molecule has 6 atom stereocenters. The Kier molecular flexibility index (Phi) is 11.2. The van der Waals surface area contributed by atoms with Crippen LogP contribution in [0.4, 0.5) is 10.7 Å². The normalized spacial score (nSPS) is 24.9. The van der Waals surface area contributed by atoms with Crippen LogP contribution in [0.1, 0.15) is 46.5 Å². The molecule has 2 saturated heterocycles. The van der Waals surface area contributed by atoms with E-state index in [-0.39, 0.29) is 24.8 Å². The summed E-state index contributed by atoms with van der Waals surface area (Å²) in [5, 5.41) is 8.03. The number of primary amides is 1. The van der Waals surface area contributed by atoms with Crippen LogP contribution < -0.4 is 26.6 Å².